The Bertz CT molecular complexity index is 1210. The van der Waals surface area contributed by atoms with E-state index >= 15 is 0 Å². The van der Waals surface area contributed by atoms with Crippen molar-refractivity contribution >= 4 is 31.7 Å². The average molecular weight is 449 g/mol. The number of sulfonamides is 1. The number of fused-ring (bicyclic) bond motifs is 1. The Kier molecular flexibility index (Phi) is 5.15. The van der Waals surface area contributed by atoms with Gasteiger partial charge in [-0.25, -0.2) is 21.1 Å². The monoisotopic (exact) mass is 448 g/mol. The van der Waals surface area contributed by atoms with Crippen molar-refractivity contribution in [1.82, 2.24) is 9.21 Å². The molecule has 0 spiro atoms. The molecule has 2 aromatic carbocycles. The third-order valence-electron chi connectivity index (χ3n) is 5.36. The van der Waals surface area contributed by atoms with Gasteiger partial charge in [0.05, 0.1) is 17.1 Å². The molecule has 10 heteroatoms. The molecule has 0 saturated carbocycles. The van der Waals surface area contributed by atoms with Gasteiger partial charge in [-0.3, -0.25) is 9.59 Å². The van der Waals surface area contributed by atoms with Gasteiger partial charge in [0.15, 0.2) is 9.84 Å². The zero-order chi connectivity index (χ0) is 21.5. The van der Waals surface area contributed by atoms with Crippen molar-refractivity contribution in [2.75, 3.05) is 18.1 Å². The molecule has 4 rings (SSSR count). The lowest BCUT2D eigenvalue weighted by molar-refractivity contribution is -0.133. The number of carbonyl (C=O) groups excluding carboxylic acids is 2. The van der Waals surface area contributed by atoms with Crippen LogP contribution in [0.5, 0.6) is 0 Å². The van der Waals surface area contributed by atoms with Crippen LogP contribution in [-0.4, -0.2) is 61.9 Å². The summed E-state index contributed by atoms with van der Waals surface area (Å²) in [6.07, 6.45) is 0.280. The Morgan fingerprint density at radius 1 is 1.00 bits per heavy atom. The second-order valence-electron chi connectivity index (χ2n) is 7.38. The zero-order valence-electron chi connectivity index (χ0n) is 16.0. The summed E-state index contributed by atoms with van der Waals surface area (Å²) in [5.41, 5.74) is 0.817. The van der Waals surface area contributed by atoms with Crippen LogP contribution in [0.1, 0.15) is 22.3 Å². The van der Waals surface area contributed by atoms with E-state index in [0.717, 1.165) is 5.56 Å². The summed E-state index contributed by atoms with van der Waals surface area (Å²) in [7, 11) is -7.39. The smallest absolute Gasteiger partial charge is 0.269 e. The third kappa shape index (κ3) is 3.72. The predicted octanol–water partition coefficient (Wildman–Crippen LogP) is 1.05. The number of hydrogen-bond donors (Lipinski definition) is 0. The summed E-state index contributed by atoms with van der Waals surface area (Å²) in [6, 6.07) is 14.3. The molecule has 0 aromatic heterocycles. The van der Waals surface area contributed by atoms with Gasteiger partial charge in [-0.05, 0) is 24.1 Å². The maximum Gasteiger partial charge on any atom is 0.269 e. The standard InChI is InChI=1S/C20H20N2O6S2/c23-19(13-22-20(24)17-8-4-5-9-18(17)30(22,27)28)21(12-15-6-2-1-3-7-15)16-10-11-29(25,26)14-16/h1-9,16H,10-14H2. The van der Waals surface area contributed by atoms with Crippen LogP contribution in [0.2, 0.25) is 0 Å². The van der Waals surface area contributed by atoms with E-state index < -0.39 is 44.3 Å². The molecule has 2 aliphatic rings. The molecule has 0 N–H and O–H groups in total. The van der Waals surface area contributed by atoms with Gasteiger partial charge in [0.1, 0.15) is 11.4 Å². The van der Waals surface area contributed by atoms with Crippen molar-refractivity contribution < 1.29 is 26.4 Å². The molecule has 8 nitrogen and oxygen atoms in total. The molecular formula is C20H20N2O6S2. The second kappa shape index (κ2) is 7.51. The molecule has 1 atom stereocenters. The summed E-state index contributed by atoms with van der Waals surface area (Å²) < 4.78 is 50.1. The van der Waals surface area contributed by atoms with E-state index in [9.17, 15) is 26.4 Å². The lowest BCUT2D eigenvalue weighted by Gasteiger charge is -2.30. The van der Waals surface area contributed by atoms with Crippen LogP contribution >= 0.6 is 0 Å². The molecule has 1 fully saturated rings. The molecule has 1 saturated heterocycles. The molecule has 2 amide bonds. The van der Waals surface area contributed by atoms with Crippen molar-refractivity contribution in [3.05, 3.63) is 65.7 Å². The van der Waals surface area contributed by atoms with E-state index in [4.69, 9.17) is 0 Å². The van der Waals surface area contributed by atoms with Gasteiger partial charge < -0.3 is 4.90 Å². The highest BCUT2D eigenvalue weighted by molar-refractivity contribution is 7.91. The van der Waals surface area contributed by atoms with Crippen molar-refractivity contribution in [3.8, 4) is 0 Å². The minimum atomic E-state index is -4.13. The van der Waals surface area contributed by atoms with E-state index in [1.807, 2.05) is 6.07 Å². The van der Waals surface area contributed by atoms with E-state index in [0.29, 0.717) is 4.31 Å². The minimum Gasteiger partial charge on any atom is -0.333 e. The number of rotatable bonds is 5. The molecule has 30 heavy (non-hydrogen) atoms. The maximum atomic E-state index is 13.2. The van der Waals surface area contributed by atoms with Gasteiger partial charge in [-0.1, -0.05) is 42.5 Å². The Morgan fingerprint density at radius 3 is 2.30 bits per heavy atom. The molecule has 1 unspecified atom stereocenters. The van der Waals surface area contributed by atoms with Crippen LogP contribution in [-0.2, 0) is 31.2 Å². The SMILES string of the molecule is O=C(CN1C(=O)c2ccccc2S1(=O)=O)N(Cc1ccccc1)C1CCS(=O)(=O)C1. The summed E-state index contributed by atoms with van der Waals surface area (Å²) >= 11 is 0. The van der Waals surface area contributed by atoms with Crippen molar-refractivity contribution in [2.24, 2.45) is 0 Å². The molecule has 0 aliphatic carbocycles. The van der Waals surface area contributed by atoms with E-state index in [2.05, 4.69) is 0 Å². The third-order valence-corrected chi connectivity index (χ3v) is 8.89. The van der Waals surface area contributed by atoms with Gasteiger partial charge in [0, 0.05) is 12.6 Å². The Labute approximate surface area is 175 Å². The highest BCUT2D eigenvalue weighted by Gasteiger charge is 2.43. The summed E-state index contributed by atoms with van der Waals surface area (Å²) in [5, 5.41) is 0. The molecular weight excluding hydrogens is 428 g/mol. The topological polar surface area (TPSA) is 109 Å². The van der Waals surface area contributed by atoms with Gasteiger partial charge in [-0.15, -0.1) is 0 Å². The lowest BCUT2D eigenvalue weighted by atomic mass is 10.1. The first-order chi connectivity index (χ1) is 14.2. The number of benzene rings is 2. The van der Waals surface area contributed by atoms with Gasteiger partial charge in [-0.2, -0.15) is 0 Å². The van der Waals surface area contributed by atoms with Crippen molar-refractivity contribution in [1.29, 1.82) is 0 Å². The molecule has 2 aliphatic heterocycles. The first-order valence-electron chi connectivity index (χ1n) is 9.39. The highest BCUT2D eigenvalue weighted by atomic mass is 32.2. The summed E-state index contributed by atoms with van der Waals surface area (Å²) in [5.74, 6) is -1.56. The maximum absolute atomic E-state index is 13.2. The first-order valence-corrected chi connectivity index (χ1v) is 12.6. The number of nitrogens with zero attached hydrogens (tertiary/aromatic N) is 2. The van der Waals surface area contributed by atoms with Gasteiger partial charge in [0.2, 0.25) is 5.91 Å². The van der Waals surface area contributed by atoms with Crippen LogP contribution in [0.25, 0.3) is 0 Å². The first kappa shape index (κ1) is 20.5. The molecule has 158 valence electrons. The fourth-order valence-corrected chi connectivity index (χ4v) is 7.07. The fourth-order valence-electron chi connectivity index (χ4n) is 3.82. The van der Waals surface area contributed by atoms with Crippen LogP contribution in [0.3, 0.4) is 0 Å². The number of amides is 2. The van der Waals surface area contributed by atoms with E-state index in [-0.39, 0.29) is 34.9 Å². The van der Waals surface area contributed by atoms with E-state index in [1.165, 1.54) is 23.1 Å². The quantitative estimate of drug-likeness (QED) is 0.676. The highest BCUT2D eigenvalue weighted by Crippen LogP contribution is 2.30. The molecule has 0 radical (unpaired) electrons. The van der Waals surface area contributed by atoms with Crippen LogP contribution < -0.4 is 0 Å². The minimum absolute atomic E-state index is 0.0252. The number of sulfone groups is 1. The Morgan fingerprint density at radius 2 is 1.67 bits per heavy atom. The van der Waals surface area contributed by atoms with Crippen LogP contribution in [0.15, 0.2) is 59.5 Å². The predicted molar refractivity (Wildman–Crippen MR) is 109 cm³/mol. The fraction of sp³-hybridized carbons (Fsp3) is 0.300. The normalized spacial score (nSPS) is 21.4. The largest absolute Gasteiger partial charge is 0.333 e. The molecule has 0 bridgehead atoms. The van der Waals surface area contributed by atoms with Gasteiger partial charge in [0.25, 0.3) is 15.9 Å². The van der Waals surface area contributed by atoms with E-state index in [1.54, 1.807) is 30.3 Å². The van der Waals surface area contributed by atoms with Crippen LogP contribution in [0.4, 0.5) is 0 Å². The number of carbonyl (C=O) groups is 2. The Balaban J connectivity index is 1.62. The second-order valence-corrected chi connectivity index (χ2v) is 11.4. The average Bonchev–Trinajstić information content (AvgIpc) is 3.17. The van der Waals surface area contributed by atoms with Crippen molar-refractivity contribution in [3.63, 3.8) is 0 Å². The van der Waals surface area contributed by atoms with Crippen LogP contribution in [0, 0.1) is 0 Å². The van der Waals surface area contributed by atoms with Gasteiger partial charge >= 0.3 is 0 Å². The zero-order valence-corrected chi connectivity index (χ0v) is 17.6. The summed E-state index contributed by atoms with van der Waals surface area (Å²) in [4.78, 5) is 27.0. The number of hydrogen-bond acceptors (Lipinski definition) is 6. The molecule has 2 heterocycles. The lowest BCUT2D eigenvalue weighted by Crippen LogP contribution is -2.47. The van der Waals surface area contributed by atoms with Crippen molar-refractivity contribution in [2.45, 2.75) is 23.9 Å². The Hall–Kier alpha value is -2.72. The molecule has 2 aromatic rings. The summed E-state index contributed by atoms with van der Waals surface area (Å²) in [6.45, 7) is -0.534.